The van der Waals surface area contributed by atoms with Crippen LogP contribution in [-0.2, 0) is 11.3 Å². The van der Waals surface area contributed by atoms with Crippen molar-refractivity contribution < 1.29 is 4.79 Å². The molecule has 1 amide bonds. The Labute approximate surface area is 131 Å². The standard InChI is InChI=1S/C15H18N4O2S/c1-4-9(2)17-14(20)7-19-15(21)12-6-13-11(5-10(3)22-13)18(12)8-16-19/h5-6,8-9H,4,7H2,1-3H3,(H,17,20)/t9-/m0/s1. The molecule has 0 saturated heterocycles. The first-order valence-corrected chi connectivity index (χ1v) is 8.08. The maximum Gasteiger partial charge on any atom is 0.291 e. The summed E-state index contributed by atoms with van der Waals surface area (Å²) in [5.41, 5.74) is 1.29. The van der Waals surface area contributed by atoms with E-state index in [-0.39, 0.29) is 24.1 Å². The van der Waals surface area contributed by atoms with Crippen molar-refractivity contribution in [2.75, 3.05) is 0 Å². The topological polar surface area (TPSA) is 68.4 Å². The van der Waals surface area contributed by atoms with Gasteiger partial charge in [-0.15, -0.1) is 11.3 Å². The lowest BCUT2D eigenvalue weighted by Crippen LogP contribution is -2.38. The average molecular weight is 318 g/mol. The third-order valence-corrected chi connectivity index (χ3v) is 4.71. The lowest BCUT2D eigenvalue weighted by Gasteiger charge is -2.11. The molecule has 116 valence electrons. The lowest BCUT2D eigenvalue weighted by molar-refractivity contribution is -0.122. The molecule has 0 aromatic carbocycles. The van der Waals surface area contributed by atoms with E-state index >= 15 is 0 Å². The van der Waals surface area contributed by atoms with Crippen molar-refractivity contribution in [2.45, 2.75) is 39.8 Å². The molecule has 0 unspecified atom stereocenters. The first-order chi connectivity index (χ1) is 10.5. The van der Waals surface area contributed by atoms with E-state index < -0.39 is 0 Å². The fourth-order valence-corrected chi connectivity index (χ4v) is 3.34. The third-order valence-electron chi connectivity index (χ3n) is 3.72. The average Bonchev–Trinajstić information content (AvgIpc) is 2.98. The molecule has 0 saturated carbocycles. The summed E-state index contributed by atoms with van der Waals surface area (Å²) in [5, 5.41) is 6.96. The van der Waals surface area contributed by atoms with Gasteiger partial charge in [0.2, 0.25) is 5.91 Å². The molecule has 3 rings (SSSR count). The number of aryl methyl sites for hydroxylation is 1. The summed E-state index contributed by atoms with van der Waals surface area (Å²) in [6.07, 6.45) is 2.45. The van der Waals surface area contributed by atoms with E-state index in [4.69, 9.17) is 0 Å². The Kier molecular flexibility index (Phi) is 3.74. The summed E-state index contributed by atoms with van der Waals surface area (Å²) in [7, 11) is 0. The van der Waals surface area contributed by atoms with Gasteiger partial charge in [0.05, 0.1) is 10.2 Å². The van der Waals surface area contributed by atoms with Crippen molar-refractivity contribution in [3.8, 4) is 0 Å². The number of hydrogen-bond acceptors (Lipinski definition) is 4. The quantitative estimate of drug-likeness (QED) is 0.799. The Balaban J connectivity index is 1.96. The van der Waals surface area contributed by atoms with Crippen molar-refractivity contribution in [1.82, 2.24) is 19.5 Å². The minimum atomic E-state index is -0.247. The van der Waals surface area contributed by atoms with Crippen LogP contribution in [0.4, 0.5) is 0 Å². The van der Waals surface area contributed by atoms with Gasteiger partial charge in [-0.2, -0.15) is 5.10 Å². The number of thiophene rings is 1. The van der Waals surface area contributed by atoms with Crippen LogP contribution in [0.15, 0.2) is 23.3 Å². The van der Waals surface area contributed by atoms with Gasteiger partial charge in [0.1, 0.15) is 18.4 Å². The zero-order valence-corrected chi connectivity index (χ0v) is 13.6. The maximum absolute atomic E-state index is 12.5. The van der Waals surface area contributed by atoms with E-state index in [9.17, 15) is 9.59 Å². The number of rotatable bonds is 4. The molecule has 0 aliphatic carbocycles. The van der Waals surface area contributed by atoms with Gasteiger partial charge in [0.15, 0.2) is 0 Å². The van der Waals surface area contributed by atoms with Crippen LogP contribution in [0.2, 0.25) is 0 Å². The first-order valence-electron chi connectivity index (χ1n) is 7.26. The van der Waals surface area contributed by atoms with Crippen LogP contribution in [0.1, 0.15) is 25.1 Å². The van der Waals surface area contributed by atoms with Crippen LogP contribution in [0.5, 0.6) is 0 Å². The highest BCUT2D eigenvalue weighted by molar-refractivity contribution is 7.19. The second-order valence-corrected chi connectivity index (χ2v) is 6.76. The molecular weight excluding hydrogens is 300 g/mol. The number of nitrogens with zero attached hydrogens (tertiary/aromatic N) is 3. The largest absolute Gasteiger partial charge is 0.352 e. The van der Waals surface area contributed by atoms with Crippen LogP contribution in [0, 0.1) is 6.92 Å². The number of nitrogens with one attached hydrogen (secondary N) is 1. The van der Waals surface area contributed by atoms with Crippen molar-refractivity contribution in [2.24, 2.45) is 0 Å². The molecule has 1 N–H and O–H groups in total. The van der Waals surface area contributed by atoms with E-state index in [1.54, 1.807) is 22.1 Å². The van der Waals surface area contributed by atoms with Crippen LogP contribution >= 0.6 is 11.3 Å². The summed E-state index contributed by atoms with van der Waals surface area (Å²) in [4.78, 5) is 25.6. The molecule has 0 bridgehead atoms. The van der Waals surface area contributed by atoms with E-state index in [1.807, 2.05) is 32.9 Å². The van der Waals surface area contributed by atoms with Crippen molar-refractivity contribution >= 4 is 33.0 Å². The first kappa shape index (κ1) is 14.8. The molecule has 3 aromatic rings. The van der Waals surface area contributed by atoms with Gasteiger partial charge in [-0.05, 0) is 32.4 Å². The number of amides is 1. The van der Waals surface area contributed by atoms with Crippen molar-refractivity contribution in [1.29, 1.82) is 0 Å². The molecule has 0 radical (unpaired) electrons. The summed E-state index contributed by atoms with van der Waals surface area (Å²) < 4.78 is 4.05. The number of hydrogen-bond donors (Lipinski definition) is 1. The molecule has 1 atom stereocenters. The summed E-state index contributed by atoms with van der Waals surface area (Å²) in [6, 6.07) is 3.99. The molecule has 0 spiro atoms. The monoisotopic (exact) mass is 318 g/mol. The third kappa shape index (κ3) is 2.52. The molecule has 0 fully saturated rings. The Morgan fingerprint density at radius 2 is 2.18 bits per heavy atom. The molecule has 7 heteroatoms. The maximum atomic E-state index is 12.5. The van der Waals surface area contributed by atoms with Crippen LogP contribution < -0.4 is 10.9 Å². The SMILES string of the molecule is CC[C@H](C)NC(=O)Cn1ncn2c(cc3sc(C)cc32)c1=O. The van der Waals surface area contributed by atoms with Gasteiger partial charge < -0.3 is 5.32 Å². The van der Waals surface area contributed by atoms with Gasteiger partial charge in [-0.25, -0.2) is 4.68 Å². The zero-order valence-electron chi connectivity index (χ0n) is 12.8. The Morgan fingerprint density at radius 3 is 2.91 bits per heavy atom. The van der Waals surface area contributed by atoms with E-state index in [1.165, 1.54) is 9.56 Å². The van der Waals surface area contributed by atoms with Crippen molar-refractivity contribution in [3.05, 3.63) is 33.7 Å². The number of fused-ring (bicyclic) bond motifs is 3. The molecular formula is C15H18N4O2S. The fourth-order valence-electron chi connectivity index (χ4n) is 2.39. The highest BCUT2D eigenvalue weighted by atomic mass is 32.1. The van der Waals surface area contributed by atoms with Gasteiger partial charge in [-0.1, -0.05) is 6.92 Å². The second-order valence-electron chi connectivity index (χ2n) is 5.48. The molecule has 6 nitrogen and oxygen atoms in total. The number of carbonyl (C=O) groups excluding carboxylic acids is 1. The number of carbonyl (C=O) groups is 1. The molecule has 22 heavy (non-hydrogen) atoms. The molecule has 0 aliphatic heterocycles. The summed E-state index contributed by atoms with van der Waals surface area (Å²) in [5.74, 6) is -0.197. The Hall–Kier alpha value is -2.15. The molecule has 3 heterocycles. The predicted octanol–water partition coefficient (Wildman–Crippen LogP) is 1.93. The van der Waals surface area contributed by atoms with Gasteiger partial charge in [0.25, 0.3) is 5.56 Å². The highest BCUT2D eigenvalue weighted by Crippen LogP contribution is 2.26. The summed E-state index contributed by atoms with van der Waals surface area (Å²) >= 11 is 1.64. The highest BCUT2D eigenvalue weighted by Gasteiger charge is 2.13. The zero-order chi connectivity index (χ0) is 15.9. The fraction of sp³-hybridized carbons (Fsp3) is 0.400. The Bertz CT molecular complexity index is 905. The second kappa shape index (κ2) is 5.57. The number of aromatic nitrogens is 3. The van der Waals surface area contributed by atoms with Gasteiger partial charge >= 0.3 is 0 Å². The minimum absolute atomic E-state index is 0.0580. The molecule has 0 aliphatic rings. The van der Waals surface area contributed by atoms with Gasteiger partial charge in [-0.3, -0.25) is 14.0 Å². The van der Waals surface area contributed by atoms with Crippen molar-refractivity contribution in [3.63, 3.8) is 0 Å². The van der Waals surface area contributed by atoms with Crippen LogP contribution in [0.3, 0.4) is 0 Å². The molecule has 3 aromatic heterocycles. The van der Waals surface area contributed by atoms with Crippen LogP contribution in [0.25, 0.3) is 15.7 Å². The predicted molar refractivity (Wildman–Crippen MR) is 87.5 cm³/mol. The Morgan fingerprint density at radius 1 is 1.41 bits per heavy atom. The van der Waals surface area contributed by atoms with E-state index in [2.05, 4.69) is 10.4 Å². The summed E-state index contributed by atoms with van der Waals surface area (Å²) in [6.45, 7) is 5.90. The van der Waals surface area contributed by atoms with E-state index in [0.717, 1.165) is 16.6 Å². The minimum Gasteiger partial charge on any atom is -0.352 e. The normalized spacial score (nSPS) is 12.9. The van der Waals surface area contributed by atoms with Gasteiger partial charge in [0, 0.05) is 10.9 Å². The van der Waals surface area contributed by atoms with E-state index in [0.29, 0.717) is 5.52 Å². The smallest absolute Gasteiger partial charge is 0.291 e. The lowest BCUT2D eigenvalue weighted by atomic mass is 10.2. The van der Waals surface area contributed by atoms with Crippen LogP contribution in [-0.4, -0.2) is 26.1 Å².